The van der Waals surface area contributed by atoms with Gasteiger partial charge in [-0.2, -0.15) is 0 Å². The Balaban J connectivity index is 2.50. The molecule has 17 heavy (non-hydrogen) atoms. The standard InChI is InChI=1S/C10H13B3BrNO2/c11-10(12,13)17-7-4-6(14)3-5-1-2-15-9(16)8(5)7/h3-4H,1-2,11-13H2,(H,15,16). The summed E-state index contributed by atoms with van der Waals surface area (Å²) >= 11 is 3.46. The van der Waals surface area contributed by atoms with Gasteiger partial charge < -0.3 is 10.1 Å². The van der Waals surface area contributed by atoms with E-state index in [4.69, 9.17) is 4.74 Å². The molecule has 1 amide bonds. The Hall–Kier alpha value is -0.835. The first-order valence-electron chi connectivity index (χ1n) is 5.66. The number of hydrogen-bond acceptors (Lipinski definition) is 2. The third-order valence-electron chi connectivity index (χ3n) is 2.47. The van der Waals surface area contributed by atoms with Gasteiger partial charge in [0.25, 0.3) is 5.91 Å². The minimum Gasteiger partial charge on any atom is -0.513 e. The molecule has 0 spiro atoms. The molecule has 1 aromatic rings. The van der Waals surface area contributed by atoms with Gasteiger partial charge in [-0.15, -0.1) is 0 Å². The largest absolute Gasteiger partial charge is 0.513 e. The van der Waals surface area contributed by atoms with Crippen LogP contribution in [0.15, 0.2) is 16.6 Å². The van der Waals surface area contributed by atoms with E-state index >= 15 is 0 Å². The minimum atomic E-state index is -0.313. The normalized spacial score (nSPS) is 15.0. The Morgan fingerprint density at radius 1 is 1.35 bits per heavy atom. The number of carbonyl (C=O) groups is 1. The number of amides is 1. The quantitative estimate of drug-likeness (QED) is 0.683. The highest BCUT2D eigenvalue weighted by atomic mass is 79.9. The molecule has 2 rings (SSSR count). The van der Waals surface area contributed by atoms with Gasteiger partial charge >= 0.3 is 0 Å². The van der Waals surface area contributed by atoms with Gasteiger partial charge in [0.1, 0.15) is 29.3 Å². The van der Waals surface area contributed by atoms with Gasteiger partial charge in [0.05, 0.1) is 5.56 Å². The lowest BCUT2D eigenvalue weighted by Gasteiger charge is -2.26. The summed E-state index contributed by atoms with van der Waals surface area (Å²) in [6.07, 6.45) is 0.848. The molecule has 1 heterocycles. The van der Waals surface area contributed by atoms with E-state index in [-0.39, 0.29) is 11.2 Å². The van der Waals surface area contributed by atoms with Crippen LogP contribution in [-0.2, 0) is 6.42 Å². The molecule has 0 fully saturated rings. The van der Waals surface area contributed by atoms with Crippen molar-refractivity contribution in [2.75, 3.05) is 6.54 Å². The van der Waals surface area contributed by atoms with Crippen molar-refractivity contribution >= 4 is 45.4 Å². The monoisotopic (exact) mass is 291 g/mol. The van der Waals surface area contributed by atoms with Gasteiger partial charge in [0.15, 0.2) is 0 Å². The van der Waals surface area contributed by atoms with Gasteiger partial charge in [-0.1, -0.05) is 15.9 Å². The first kappa shape index (κ1) is 12.6. The van der Waals surface area contributed by atoms with Crippen LogP contribution < -0.4 is 10.1 Å². The fourth-order valence-electron chi connectivity index (χ4n) is 1.90. The number of carbonyl (C=O) groups excluding carboxylic acids is 1. The summed E-state index contributed by atoms with van der Waals surface area (Å²) in [6, 6.07) is 3.85. The minimum absolute atomic E-state index is 0.0435. The molecule has 0 saturated heterocycles. The molecule has 0 unspecified atom stereocenters. The van der Waals surface area contributed by atoms with Crippen molar-refractivity contribution in [1.29, 1.82) is 0 Å². The molecule has 86 valence electrons. The second kappa shape index (κ2) is 4.44. The van der Waals surface area contributed by atoms with Crippen molar-refractivity contribution < 1.29 is 9.53 Å². The van der Waals surface area contributed by atoms with Crippen molar-refractivity contribution in [3.05, 3.63) is 27.7 Å². The molecule has 3 nitrogen and oxygen atoms in total. The number of benzene rings is 1. The number of ether oxygens (including phenoxy) is 1. The molecule has 7 heteroatoms. The van der Waals surface area contributed by atoms with Crippen molar-refractivity contribution in [3.8, 4) is 5.75 Å². The highest BCUT2D eigenvalue weighted by molar-refractivity contribution is 9.10. The number of nitrogens with one attached hydrogen (secondary N) is 1. The summed E-state index contributed by atoms with van der Waals surface area (Å²) < 4.78 is 6.81. The van der Waals surface area contributed by atoms with Crippen LogP contribution in [0.4, 0.5) is 0 Å². The van der Waals surface area contributed by atoms with E-state index in [1.54, 1.807) is 0 Å². The van der Waals surface area contributed by atoms with Crippen molar-refractivity contribution in [1.82, 2.24) is 5.32 Å². The predicted octanol–water partition coefficient (Wildman–Crippen LogP) is -1.38. The van der Waals surface area contributed by atoms with Crippen molar-refractivity contribution in [3.63, 3.8) is 0 Å². The van der Waals surface area contributed by atoms with Gasteiger partial charge in [0, 0.05) is 16.3 Å². The smallest absolute Gasteiger partial charge is 0.255 e. The predicted molar refractivity (Wildman–Crippen MR) is 79.2 cm³/mol. The fraction of sp³-hybridized carbons (Fsp3) is 0.300. The summed E-state index contributed by atoms with van der Waals surface area (Å²) in [5, 5.41) is 2.54. The molecule has 0 bridgehead atoms. The zero-order chi connectivity index (χ0) is 12.6. The first-order chi connectivity index (χ1) is 7.87. The molecule has 1 aliphatic heterocycles. The number of rotatable bonds is 2. The van der Waals surface area contributed by atoms with Gasteiger partial charge in [-0.05, 0) is 24.1 Å². The topological polar surface area (TPSA) is 38.3 Å². The summed E-state index contributed by atoms with van der Waals surface area (Å²) in [4.78, 5) is 11.9. The number of halogens is 1. The average Bonchev–Trinajstić information content (AvgIpc) is 2.13. The summed E-state index contributed by atoms with van der Waals surface area (Å²) in [5.74, 6) is 0.608. The molecule has 0 atom stereocenters. The second-order valence-corrected chi connectivity index (χ2v) is 6.07. The van der Waals surface area contributed by atoms with E-state index in [1.165, 1.54) is 0 Å². The zero-order valence-electron chi connectivity index (χ0n) is 10.3. The van der Waals surface area contributed by atoms with Crippen LogP contribution in [0.5, 0.6) is 5.75 Å². The summed E-state index contributed by atoms with van der Waals surface area (Å²) in [5.41, 5.74) is 1.72. The van der Waals surface area contributed by atoms with E-state index in [2.05, 4.69) is 21.2 Å². The van der Waals surface area contributed by atoms with E-state index in [0.29, 0.717) is 17.9 Å². The van der Waals surface area contributed by atoms with E-state index in [0.717, 1.165) is 16.5 Å². The lowest BCUT2D eigenvalue weighted by Crippen LogP contribution is -2.39. The molecule has 0 saturated carbocycles. The third kappa shape index (κ3) is 2.89. The second-order valence-electron chi connectivity index (χ2n) is 5.16. The summed E-state index contributed by atoms with van der Waals surface area (Å²) in [6.45, 7) is 0.692. The molecule has 0 aliphatic carbocycles. The van der Waals surface area contributed by atoms with Crippen molar-refractivity contribution in [2.45, 2.75) is 11.7 Å². The van der Waals surface area contributed by atoms with Crippen molar-refractivity contribution in [2.24, 2.45) is 0 Å². The molecular formula is C10H13B3BrNO2. The fourth-order valence-corrected chi connectivity index (χ4v) is 2.38. The van der Waals surface area contributed by atoms with Crippen LogP contribution in [0.3, 0.4) is 0 Å². The first-order valence-corrected chi connectivity index (χ1v) is 6.46. The van der Waals surface area contributed by atoms with Crippen LogP contribution >= 0.6 is 15.9 Å². The molecule has 1 N–H and O–H groups in total. The maximum absolute atomic E-state index is 11.9. The highest BCUT2D eigenvalue weighted by Gasteiger charge is 2.24. The summed E-state index contributed by atoms with van der Waals surface area (Å²) in [7, 11) is 5.92. The Kier molecular flexibility index (Phi) is 3.30. The highest BCUT2D eigenvalue weighted by Crippen LogP contribution is 2.30. The average molecular weight is 292 g/mol. The zero-order valence-corrected chi connectivity index (χ0v) is 11.8. The molecule has 0 radical (unpaired) electrons. The van der Waals surface area contributed by atoms with Gasteiger partial charge in [-0.25, -0.2) is 0 Å². The van der Waals surface area contributed by atoms with E-state index in [1.807, 2.05) is 35.7 Å². The molecular weight excluding hydrogens is 278 g/mol. The van der Waals surface area contributed by atoms with Crippen LogP contribution in [0.25, 0.3) is 0 Å². The Morgan fingerprint density at radius 3 is 2.71 bits per heavy atom. The third-order valence-corrected chi connectivity index (χ3v) is 2.93. The SMILES string of the molecule is BC(B)(B)Oc1cc(Br)cc2c1C(=O)NCC2. The molecule has 1 aliphatic rings. The Labute approximate surface area is 112 Å². The Bertz CT molecular complexity index is 473. The van der Waals surface area contributed by atoms with E-state index in [9.17, 15) is 4.79 Å². The molecule has 0 aromatic heterocycles. The maximum atomic E-state index is 11.9. The van der Waals surface area contributed by atoms with Crippen LogP contribution in [0.2, 0.25) is 0 Å². The maximum Gasteiger partial charge on any atom is 0.255 e. The Morgan fingerprint density at radius 2 is 2.06 bits per heavy atom. The number of hydrogen-bond donors (Lipinski definition) is 1. The van der Waals surface area contributed by atoms with E-state index < -0.39 is 0 Å². The lowest BCUT2D eigenvalue weighted by atomic mass is 9.52. The van der Waals surface area contributed by atoms with Crippen LogP contribution in [0.1, 0.15) is 15.9 Å². The number of fused-ring (bicyclic) bond motifs is 1. The van der Waals surface area contributed by atoms with Crippen LogP contribution in [0, 0.1) is 0 Å². The van der Waals surface area contributed by atoms with Gasteiger partial charge in [0.2, 0.25) is 0 Å². The van der Waals surface area contributed by atoms with Crippen LogP contribution in [-0.4, -0.2) is 41.3 Å². The van der Waals surface area contributed by atoms with Gasteiger partial charge in [-0.3, -0.25) is 4.79 Å². The molecule has 1 aromatic carbocycles. The lowest BCUT2D eigenvalue weighted by molar-refractivity contribution is 0.0941.